The molecule has 0 radical (unpaired) electrons. The fourth-order valence-electron chi connectivity index (χ4n) is 3.43. The lowest BCUT2D eigenvalue weighted by molar-refractivity contribution is -0.127. The largest absolute Gasteiger partial charge is 0.497 e. The van der Waals surface area contributed by atoms with Gasteiger partial charge in [-0.05, 0) is 49.8 Å². The molecule has 0 saturated carbocycles. The van der Waals surface area contributed by atoms with Gasteiger partial charge in [0.2, 0.25) is 0 Å². The number of para-hydroxylation sites is 1. The van der Waals surface area contributed by atoms with Crippen molar-refractivity contribution in [1.29, 1.82) is 0 Å². The zero-order valence-corrected chi connectivity index (χ0v) is 15.6. The molecular weight excluding hydrogens is 328 g/mol. The fourth-order valence-corrected chi connectivity index (χ4v) is 3.43. The summed E-state index contributed by atoms with van der Waals surface area (Å²) in [6.07, 6.45) is -0.452. The molecule has 1 aliphatic heterocycles. The Morgan fingerprint density at radius 3 is 2.50 bits per heavy atom. The van der Waals surface area contributed by atoms with Gasteiger partial charge in [0.25, 0.3) is 5.91 Å². The molecule has 0 bridgehead atoms. The molecule has 0 unspecified atom stereocenters. The first-order valence-corrected chi connectivity index (χ1v) is 8.87. The quantitative estimate of drug-likeness (QED) is 0.895. The van der Waals surface area contributed by atoms with Gasteiger partial charge in [-0.25, -0.2) is 0 Å². The van der Waals surface area contributed by atoms with Gasteiger partial charge in [0.1, 0.15) is 11.9 Å². The normalized spacial score (nSPS) is 20.0. The molecule has 0 spiro atoms. The number of amides is 1. The van der Waals surface area contributed by atoms with E-state index < -0.39 is 6.10 Å². The number of hydrogen-bond acceptors (Lipinski definition) is 4. The molecule has 1 amide bonds. The van der Waals surface area contributed by atoms with Crippen LogP contribution >= 0.6 is 0 Å². The van der Waals surface area contributed by atoms with E-state index in [4.69, 9.17) is 4.74 Å². The second kappa shape index (κ2) is 7.89. The van der Waals surface area contributed by atoms with E-state index in [1.54, 1.807) is 12.0 Å². The Morgan fingerprint density at radius 2 is 1.85 bits per heavy atom. The van der Waals surface area contributed by atoms with Gasteiger partial charge in [-0.3, -0.25) is 4.79 Å². The minimum absolute atomic E-state index is 0.238. The summed E-state index contributed by atoms with van der Waals surface area (Å²) < 4.78 is 5.21. The van der Waals surface area contributed by atoms with Gasteiger partial charge in [0.15, 0.2) is 0 Å². The third-order valence-electron chi connectivity index (χ3n) is 4.94. The highest BCUT2D eigenvalue weighted by Crippen LogP contribution is 2.35. The lowest BCUT2D eigenvalue weighted by atomic mass is 9.88. The molecule has 138 valence electrons. The molecule has 1 N–H and O–H groups in total. The number of rotatable bonds is 5. The van der Waals surface area contributed by atoms with E-state index in [2.05, 4.69) is 0 Å². The molecule has 0 aromatic heterocycles. The highest BCUT2D eigenvalue weighted by Gasteiger charge is 2.36. The molecule has 5 nitrogen and oxygen atoms in total. The van der Waals surface area contributed by atoms with E-state index in [1.165, 1.54) is 0 Å². The molecule has 3 rings (SSSR count). The number of methoxy groups -OCH3 is 1. The second-order valence-corrected chi connectivity index (χ2v) is 6.95. The first kappa shape index (κ1) is 18.4. The van der Waals surface area contributed by atoms with Gasteiger partial charge in [-0.15, -0.1) is 0 Å². The van der Waals surface area contributed by atoms with Gasteiger partial charge >= 0.3 is 0 Å². The maximum Gasteiger partial charge on any atom is 0.256 e. The van der Waals surface area contributed by atoms with E-state index in [0.717, 1.165) is 29.1 Å². The molecular formula is C21H26N2O3. The molecule has 1 aliphatic rings. The third kappa shape index (κ3) is 3.74. The van der Waals surface area contributed by atoms with Crippen LogP contribution in [0, 0.1) is 0 Å². The number of likely N-dealkylation sites (N-methyl/N-ethyl adjacent to an activating group) is 1. The van der Waals surface area contributed by atoms with Crippen molar-refractivity contribution in [2.75, 3.05) is 39.2 Å². The van der Waals surface area contributed by atoms with Crippen LogP contribution in [0.2, 0.25) is 0 Å². The van der Waals surface area contributed by atoms with Crippen LogP contribution in [-0.2, 0) is 11.2 Å². The number of anilines is 1. The van der Waals surface area contributed by atoms with Crippen LogP contribution in [0.1, 0.15) is 17.0 Å². The first-order valence-electron chi connectivity index (χ1n) is 8.87. The summed E-state index contributed by atoms with van der Waals surface area (Å²) in [7, 11) is 5.58. The van der Waals surface area contributed by atoms with Crippen molar-refractivity contribution in [1.82, 2.24) is 4.90 Å². The zero-order chi connectivity index (χ0) is 18.7. The average molecular weight is 354 g/mol. The number of benzene rings is 2. The van der Waals surface area contributed by atoms with Crippen LogP contribution < -0.4 is 9.64 Å². The van der Waals surface area contributed by atoms with E-state index in [1.807, 2.05) is 67.5 Å². The summed E-state index contributed by atoms with van der Waals surface area (Å²) >= 11 is 0. The number of hydrogen-bond donors (Lipinski definition) is 1. The minimum atomic E-state index is -1.07. The molecule has 5 heteroatoms. The zero-order valence-electron chi connectivity index (χ0n) is 15.6. The number of aliphatic hydroxyl groups is 1. The Bertz CT molecular complexity index is 758. The summed E-state index contributed by atoms with van der Waals surface area (Å²) in [5, 5.41) is 10.9. The highest BCUT2D eigenvalue weighted by molar-refractivity contribution is 5.98. The SMILES string of the molecule is COc1ccc([C@@H]2Cc3ccccc3N(CCN(C)C)C(=O)[C@H]2O)cc1. The maximum atomic E-state index is 13.1. The number of carbonyl (C=O) groups is 1. The molecule has 1 heterocycles. The van der Waals surface area contributed by atoms with Crippen LogP contribution in [-0.4, -0.2) is 56.3 Å². The van der Waals surface area contributed by atoms with Gasteiger partial charge in [0, 0.05) is 24.7 Å². The molecule has 2 aromatic carbocycles. The summed E-state index contributed by atoms with van der Waals surface area (Å²) in [6, 6.07) is 15.5. The standard InChI is InChI=1S/C21H26N2O3/c1-22(2)12-13-23-19-7-5-4-6-16(19)14-18(20(24)21(23)25)15-8-10-17(26-3)11-9-15/h4-11,18,20,24H,12-14H2,1-3H3/t18-,20-/m0/s1. The number of nitrogens with zero attached hydrogens (tertiary/aromatic N) is 2. The van der Waals surface area contributed by atoms with Crippen LogP contribution in [0.5, 0.6) is 5.75 Å². The number of ether oxygens (including phenoxy) is 1. The van der Waals surface area contributed by atoms with Crippen LogP contribution in [0.15, 0.2) is 48.5 Å². The molecule has 0 saturated heterocycles. The molecule has 0 aliphatic carbocycles. The van der Waals surface area contributed by atoms with E-state index in [-0.39, 0.29) is 11.8 Å². The summed E-state index contributed by atoms with van der Waals surface area (Å²) in [5.74, 6) is 0.243. The van der Waals surface area contributed by atoms with Gasteiger partial charge in [-0.2, -0.15) is 0 Å². The molecule has 26 heavy (non-hydrogen) atoms. The van der Waals surface area contributed by atoms with Crippen molar-refractivity contribution in [3.8, 4) is 5.75 Å². The van der Waals surface area contributed by atoms with Crippen molar-refractivity contribution < 1.29 is 14.6 Å². The number of fused-ring (bicyclic) bond motifs is 1. The van der Waals surface area contributed by atoms with Gasteiger partial charge in [0.05, 0.1) is 7.11 Å². The van der Waals surface area contributed by atoms with E-state index in [9.17, 15) is 9.90 Å². The van der Waals surface area contributed by atoms with Crippen molar-refractivity contribution in [2.24, 2.45) is 0 Å². The highest BCUT2D eigenvalue weighted by atomic mass is 16.5. The van der Waals surface area contributed by atoms with Gasteiger partial charge in [-0.1, -0.05) is 30.3 Å². The van der Waals surface area contributed by atoms with E-state index in [0.29, 0.717) is 13.0 Å². The Kier molecular flexibility index (Phi) is 5.59. The monoisotopic (exact) mass is 354 g/mol. The smallest absolute Gasteiger partial charge is 0.256 e. The first-order chi connectivity index (χ1) is 12.5. The van der Waals surface area contributed by atoms with Crippen LogP contribution in [0.25, 0.3) is 0 Å². The van der Waals surface area contributed by atoms with Crippen molar-refractivity contribution in [2.45, 2.75) is 18.4 Å². The van der Waals surface area contributed by atoms with Crippen molar-refractivity contribution in [3.05, 3.63) is 59.7 Å². The Hall–Kier alpha value is -2.37. The predicted octanol–water partition coefficient (Wildman–Crippen LogP) is 2.29. The van der Waals surface area contributed by atoms with Crippen molar-refractivity contribution >= 4 is 11.6 Å². The molecule has 2 atom stereocenters. The Labute approximate surface area is 154 Å². The topological polar surface area (TPSA) is 53.0 Å². The summed E-state index contributed by atoms with van der Waals surface area (Å²) in [5.41, 5.74) is 2.92. The fraction of sp³-hybridized carbons (Fsp3) is 0.381. The lowest BCUT2D eigenvalue weighted by Crippen LogP contribution is -2.43. The minimum Gasteiger partial charge on any atom is -0.497 e. The second-order valence-electron chi connectivity index (χ2n) is 6.95. The van der Waals surface area contributed by atoms with Crippen molar-refractivity contribution in [3.63, 3.8) is 0 Å². The number of aliphatic hydroxyl groups excluding tert-OH is 1. The van der Waals surface area contributed by atoms with E-state index >= 15 is 0 Å². The summed E-state index contributed by atoms with van der Waals surface area (Å²) in [6.45, 7) is 1.29. The van der Waals surface area contributed by atoms with Gasteiger partial charge < -0.3 is 19.6 Å². The lowest BCUT2D eigenvalue weighted by Gasteiger charge is -2.26. The average Bonchev–Trinajstić information content (AvgIpc) is 2.76. The Morgan fingerprint density at radius 1 is 1.15 bits per heavy atom. The van der Waals surface area contributed by atoms with Crippen LogP contribution in [0.3, 0.4) is 0 Å². The Balaban J connectivity index is 1.97. The predicted molar refractivity (Wildman–Crippen MR) is 103 cm³/mol. The maximum absolute atomic E-state index is 13.1. The molecule has 2 aromatic rings. The summed E-state index contributed by atoms with van der Waals surface area (Å²) in [4.78, 5) is 16.8. The van der Waals surface area contributed by atoms with Crippen LogP contribution in [0.4, 0.5) is 5.69 Å². The third-order valence-corrected chi connectivity index (χ3v) is 4.94. The molecule has 0 fully saturated rings. The number of carbonyl (C=O) groups excluding carboxylic acids is 1.